The lowest BCUT2D eigenvalue weighted by molar-refractivity contribution is -0.107. The smallest absolute Gasteiger partial charge is 0.120 e. The van der Waals surface area contributed by atoms with E-state index in [9.17, 15) is 4.79 Å². The molecule has 0 unspecified atom stereocenters. The van der Waals surface area contributed by atoms with Gasteiger partial charge in [0.05, 0.1) is 0 Å². The topological polar surface area (TPSA) is 20.3 Å². The third kappa shape index (κ3) is 2.85. The summed E-state index contributed by atoms with van der Waals surface area (Å²) in [5.74, 6) is 0. The average molecular weight is 153 g/mol. The molecule has 1 aliphatic heterocycles. The van der Waals surface area contributed by atoms with E-state index < -0.39 is 0 Å². The van der Waals surface area contributed by atoms with Crippen LogP contribution in [0.25, 0.3) is 0 Å². The normalized spacial score (nSPS) is 19.5. The van der Waals surface area contributed by atoms with Crippen molar-refractivity contribution in [2.45, 2.75) is 19.3 Å². The number of hydrogen-bond donors (Lipinski definition) is 0. The minimum atomic E-state index is 0.680. The van der Waals surface area contributed by atoms with Crippen LogP contribution in [0, 0.1) is 0 Å². The second-order valence-electron chi connectivity index (χ2n) is 3.09. The Morgan fingerprint density at radius 2 is 2.55 bits per heavy atom. The minimum Gasteiger partial charge on any atom is -0.303 e. The van der Waals surface area contributed by atoms with Crippen LogP contribution in [-0.2, 0) is 4.79 Å². The number of likely N-dealkylation sites (N-methyl/N-ethyl adjacent to an activating group) is 1. The average Bonchev–Trinajstić information content (AvgIpc) is 2.01. The molecule has 0 bridgehead atoms. The first kappa shape index (κ1) is 8.47. The zero-order valence-corrected chi connectivity index (χ0v) is 7.05. The molecule has 0 saturated carbocycles. The van der Waals surface area contributed by atoms with E-state index in [2.05, 4.69) is 18.0 Å². The third-order valence-corrected chi connectivity index (χ3v) is 2.00. The summed E-state index contributed by atoms with van der Waals surface area (Å²) in [6.45, 7) is 2.21. The molecule has 0 aromatic carbocycles. The molecule has 0 aromatic rings. The van der Waals surface area contributed by atoms with Crippen LogP contribution >= 0.6 is 0 Å². The molecule has 0 spiro atoms. The number of hydrogen-bond acceptors (Lipinski definition) is 2. The maximum atomic E-state index is 10.1. The van der Waals surface area contributed by atoms with Crippen LogP contribution in [0.1, 0.15) is 19.3 Å². The van der Waals surface area contributed by atoms with Crippen LogP contribution in [0.15, 0.2) is 11.6 Å². The van der Waals surface area contributed by atoms with Gasteiger partial charge < -0.3 is 9.69 Å². The van der Waals surface area contributed by atoms with Gasteiger partial charge in [-0.25, -0.2) is 0 Å². The Morgan fingerprint density at radius 1 is 1.73 bits per heavy atom. The van der Waals surface area contributed by atoms with Gasteiger partial charge in [-0.2, -0.15) is 0 Å². The maximum absolute atomic E-state index is 10.1. The Hall–Kier alpha value is -0.630. The van der Waals surface area contributed by atoms with Crippen molar-refractivity contribution in [1.82, 2.24) is 4.90 Å². The van der Waals surface area contributed by atoms with Crippen molar-refractivity contribution in [3.63, 3.8) is 0 Å². The summed E-state index contributed by atoms with van der Waals surface area (Å²) in [7, 11) is 2.12. The molecule has 0 N–H and O–H groups in total. The van der Waals surface area contributed by atoms with Crippen molar-refractivity contribution in [3.8, 4) is 0 Å². The van der Waals surface area contributed by atoms with Crippen LogP contribution in [-0.4, -0.2) is 31.3 Å². The van der Waals surface area contributed by atoms with Crippen LogP contribution in [0.2, 0.25) is 0 Å². The Balaban J connectivity index is 2.32. The lowest BCUT2D eigenvalue weighted by Gasteiger charge is -2.22. The quantitative estimate of drug-likeness (QED) is 0.449. The molecule has 11 heavy (non-hydrogen) atoms. The summed E-state index contributed by atoms with van der Waals surface area (Å²) < 4.78 is 0. The molecule has 0 radical (unpaired) electrons. The molecular weight excluding hydrogens is 138 g/mol. The lowest BCUT2D eigenvalue weighted by Crippen LogP contribution is -2.25. The summed E-state index contributed by atoms with van der Waals surface area (Å²) in [5.41, 5.74) is 1.42. The maximum Gasteiger partial charge on any atom is 0.120 e. The zero-order valence-electron chi connectivity index (χ0n) is 7.05. The minimum absolute atomic E-state index is 0.680. The van der Waals surface area contributed by atoms with E-state index >= 15 is 0 Å². The van der Waals surface area contributed by atoms with Crippen LogP contribution in [0.3, 0.4) is 0 Å². The van der Waals surface area contributed by atoms with Gasteiger partial charge in [0.25, 0.3) is 0 Å². The van der Waals surface area contributed by atoms with E-state index in [-0.39, 0.29) is 0 Å². The van der Waals surface area contributed by atoms with Crippen LogP contribution in [0.4, 0.5) is 0 Å². The Morgan fingerprint density at radius 3 is 3.18 bits per heavy atom. The number of rotatable bonds is 3. The highest BCUT2D eigenvalue weighted by Crippen LogP contribution is 2.11. The summed E-state index contributed by atoms with van der Waals surface area (Å²) >= 11 is 0. The van der Waals surface area contributed by atoms with Gasteiger partial charge in [-0.3, -0.25) is 0 Å². The molecule has 0 aliphatic carbocycles. The first-order chi connectivity index (χ1) is 5.33. The fraction of sp³-hybridized carbons (Fsp3) is 0.667. The van der Waals surface area contributed by atoms with Gasteiger partial charge in [0, 0.05) is 19.5 Å². The lowest BCUT2D eigenvalue weighted by atomic mass is 10.1. The van der Waals surface area contributed by atoms with Gasteiger partial charge in [-0.05, 0) is 19.9 Å². The number of nitrogens with zero attached hydrogens (tertiary/aromatic N) is 1. The predicted molar refractivity (Wildman–Crippen MR) is 45.5 cm³/mol. The largest absolute Gasteiger partial charge is 0.303 e. The number of carbonyl (C=O) groups excluding carboxylic acids is 1. The van der Waals surface area contributed by atoms with Crippen molar-refractivity contribution < 1.29 is 4.79 Å². The van der Waals surface area contributed by atoms with Crippen LogP contribution < -0.4 is 0 Å². The molecule has 1 rings (SSSR count). The van der Waals surface area contributed by atoms with Crippen molar-refractivity contribution in [3.05, 3.63) is 11.6 Å². The summed E-state index contributed by atoms with van der Waals surface area (Å²) in [4.78, 5) is 12.4. The highest BCUT2D eigenvalue weighted by atomic mass is 16.1. The number of carbonyl (C=O) groups is 1. The van der Waals surface area contributed by atoms with Crippen molar-refractivity contribution >= 4 is 6.29 Å². The van der Waals surface area contributed by atoms with Gasteiger partial charge in [-0.1, -0.05) is 11.6 Å². The standard InChI is InChI=1S/C9H15NO/c1-10-6-2-4-9(8-10)5-3-7-11/h4,7H,2-3,5-6,8H2,1H3. The monoisotopic (exact) mass is 153 g/mol. The Kier molecular flexibility index (Phi) is 3.30. The van der Waals surface area contributed by atoms with Crippen LogP contribution in [0.5, 0.6) is 0 Å². The van der Waals surface area contributed by atoms with Gasteiger partial charge in [0.2, 0.25) is 0 Å². The molecule has 0 fully saturated rings. The molecule has 62 valence electrons. The van der Waals surface area contributed by atoms with E-state index in [0.29, 0.717) is 6.42 Å². The van der Waals surface area contributed by atoms with Gasteiger partial charge in [0.15, 0.2) is 0 Å². The molecule has 0 aromatic heterocycles. The highest BCUT2D eigenvalue weighted by Gasteiger charge is 2.06. The fourth-order valence-electron chi connectivity index (χ4n) is 1.40. The van der Waals surface area contributed by atoms with Crippen molar-refractivity contribution in [2.75, 3.05) is 20.1 Å². The highest BCUT2D eigenvalue weighted by molar-refractivity contribution is 5.49. The van der Waals surface area contributed by atoms with Crippen molar-refractivity contribution in [1.29, 1.82) is 0 Å². The van der Waals surface area contributed by atoms with Gasteiger partial charge >= 0.3 is 0 Å². The summed E-state index contributed by atoms with van der Waals surface area (Å²) in [6, 6.07) is 0. The second-order valence-corrected chi connectivity index (χ2v) is 3.09. The fourth-order valence-corrected chi connectivity index (χ4v) is 1.40. The van der Waals surface area contributed by atoms with Crippen molar-refractivity contribution in [2.24, 2.45) is 0 Å². The number of aldehydes is 1. The van der Waals surface area contributed by atoms with E-state index in [1.807, 2.05) is 0 Å². The SMILES string of the molecule is CN1CCC=C(CCC=O)C1. The van der Waals surface area contributed by atoms with E-state index in [1.54, 1.807) is 0 Å². The molecule has 0 atom stereocenters. The molecule has 0 saturated heterocycles. The van der Waals surface area contributed by atoms with Gasteiger partial charge in [0.1, 0.15) is 6.29 Å². The third-order valence-electron chi connectivity index (χ3n) is 2.00. The molecule has 1 heterocycles. The Labute approximate surface area is 67.9 Å². The van der Waals surface area contributed by atoms with E-state index in [4.69, 9.17) is 0 Å². The van der Waals surface area contributed by atoms with E-state index in [1.165, 1.54) is 5.57 Å². The van der Waals surface area contributed by atoms with E-state index in [0.717, 1.165) is 32.2 Å². The second kappa shape index (κ2) is 4.29. The molecule has 2 heteroatoms. The molecule has 1 aliphatic rings. The Bertz CT molecular complexity index is 163. The molecule has 2 nitrogen and oxygen atoms in total. The molecule has 0 amide bonds. The first-order valence-corrected chi connectivity index (χ1v) is 4.13. The zero-order chi connectivity index (χ0) is 8.10. The first-order valence-electron chi connectivity index (χ1n) is 4.13. The summed E-state index contributed by atoms with van der Waals surface area (Å²) in [6.07, 6.45) is 6.04. The summed E-state index contributed by atoms with van der Waals surface area (Å²) in [5, 5.41) is 0. The molecular formula is C9H15NO. The van der Waals surface area contributed by atoms with Gasteiger partial charge in [-0.15, -0.1) is 0 Å². The predicted octanol–water partition coefficient (Wildman–Crippen LogP) is 1.23.